The summed E-state index contributed by atoms with van der Waals surface area (Å²) in [6.45, 7) is -0.295. The van der Waals surface area contributed by atoms with E-state index in [1.807, 2.05) is 0 Å². The summed E-state index contributed by atoms with van der Waals surface area (Å²) in [5.74, 6) is -0.416. The molecule has 0 saturated carbocycles. The van der Waals surface area contributed by atoms with Gasteiger partial charge in [0.1, 0.15) is 6.54 Å². The zero-order valence-electron chi connectivity index (χ0n) is 12.2. The van der Waals surface area contributed by atoms with Gasteiger partial charge in [0.25, 0.3) is 0 Å². The van der Waals surface area contributed by atoms with Gasteiger partial charge in [0.15, 0.2) is 0 Å². The highest BCUT2D eigenvalue weighted by molar-refractivity contribution is 9.10. The SMILES string of the molecule is CS(=O)(=O)N(CC(=O)Nc1ccc(Br)cc1)c1ccc(Br)cc1. The number of rotatable bonds is 5. The van der Waals surface area contributed by atoms with Crippen LogP contribution >= 0.6 is 31.9 Å². The van der Waals surface area contributed by atoms with Crippen molar-refractivity contribution in [1.82, 2.24) is 0 Å². The summed E-state index contributed by atoms with van der Waals surface area (Å²) < 4.78 is 26.7. The van der Waals surface area contributed by atoms with Crippen LogP contribution in [-0.2, 0) is 14.8 Å². The van der Waals surface area contributed by atoms with Crippen molar-refractivity contribution in [1.29, 1.82) is 0 Å². The molecule has 0 unspecified atom stereocenters. The standard InChI is InChI=1S/C15H14Br2N2O3S/c1-23(21,22)19(14-8-4-12(17)5-9-14)10-15(20)18-13-6-2-11(16)3-7-13/h2-9H,10H2,1H3,(H,18,20). The van der Waals surface area contributed by atoms with Crippen LogP contribution in [0.1, 0.15) is 0 Å². The first-order chi connectivity index (χ1) is 10.8. The maximum absolute atomic E-state index is 12.2. The van der Waals surface area contributed by atoms with E-state index in [0.717, 1.165) is 19.5 Å². The predicted molar refractivity (Wildman–Crippen MR) is 99.1 cm³/mol. The molecule has 1 N–H and O–H groups in total. The largest absolute Gasteiger partial charge is 0.325 e. The zero-order valence-corrected chi connectivity index (χ0v) is 16.2. The van der Waals surface area contributed by atoms with E-state index in [2.05, 4.69) is 37.2 Å². The Kier molecular flexibility index (Phi) is 5.83. The van der Waals surface area contributed by atoms with Crippen LogP contribution in [0.4, 0.5) is 11.4 Å². The van der Waals surface area contributed by atoms with Gasteiger partial charge in [-0.2, -0.15) is 0 Å². The summed E-state index contributed by atoms with van der Waals surface area (Å²) >= 11 is 6.61. The smallest absolute Gasteiger partial charge is 0.245 e. The Morgan fingerprint density at radius 1 is 1.00 bits per heavy atom. The van der Waals surface area contributed by atoms with Gasteiger partial charge in [-0.25, -0.2) is 8.42 Å². The lowest BCUT2D eigenvalue weighted by Gasteiger charge is -2.22. The van der Waals surface area contributed by atoms with Gasteiger partial charge in [-0.3, -0.25) is 9.10 Å². The monoisotopic (exact) mass is 460 g/mol. The Bertz CT molecular complexity index is 790. The lowest BCUT2D eigenvalue weighted by atomic mass is 10.3. The number of nitrogens with zero attached hydrogens (tertiary/aromatic N) is 1. The van der Waals surface area contributed by atoms with Crippen molar-refractivity contribution in [2.75, 3.05) is 22.4 Å². The van der Waals surface area contributed by atoms with Crippen LogP contribution in [0.3, 0.4) is 0 Å². The van der Waals surface area contributed by atoms with Crippen LogP contribution in [0.15, 0.2) is 57.5 Å². The average molecular weight is 462 g/mol. The van der Waals surface area contributed by atoms with E-state index in [-0.39, 0.29) is 6.54 Å². The van der Waals surface area contributed by atoms with Crippen molar-refractivity contribution in [2.45, 2.75) is 0 Å². The van der Waals surface area contributed by atoms with Crippen molar-refractivity contribution < 1.29 is 13.2 Å². The number of sulfonamides is 1. The molecule has 0 heterocycles. The van der Waals surface area contributed by atoms with Crippen LogP contribution in [-0.4, -0.2) is 27.1 Å². The van der Waals surface area contributed by atoms with Crippen molar-refractivity contribution in [2.24, 2.45) is 0 Å². The number of halogens is 2. The normalized spacial score (nSPS) is 11.1. The number of hydrogen-bond acceptors (Lipinski definition) is 3. The van der Waals surface area contributed by atoms with Gasteiger partial charge < -0.3 is 5.32 Å². The molecule has 0 spiro atoms. The Balaban J connectivity index is 2.16. The molecule has 1 amide bonds. The molecule has 2 aromatic rings. The third-order valence-electron chi connectivity index (χ3n) is 2.93. The third kappa shape index (κ3) is 5.33. The van der Waals surface area contributed by atoms with Crippen LogP contribution in [0.25, 0.3) is 0 Å². The van der Waals surface area contributed by atoms with Crippen LogP contribution in [0.2, 0.25) is 0 Å². The van der Waals surface area contributed by atoms with Crippen molar-refractivity contribution >= 4 is 59.2 Å². The number of anilines is 2. The highest BCUT2D eigenvalue weighted by Gasteiger charge is 2.20. The maximum Gasteiger partial charge on any atom is 0.245 e. The molecule has 122 valence electrons. The lowest BCUT2D eigenvalue weighted by molar-refractivity contribution is -0.114. The summed E-state index contributed by atoms with van der Waals surface area (Å²) in [7, 11) is -3.58. The highest BCUT2D eigenvalue weighted by Crippen LogP contribution is 2.21. The van der Waals surface area contributed by atoms with E-state index in [4.69, 9.17) is 0 Å². The molecule has 2 rings (SSSR count). The van der Waals surface area contributed by atoms with Crippen LogP contribution in [0, 0.1) is 0 Å². The van der Waals surface area contributed by atoms with Crippen molar-refractivity contribution in [3.8, 4) is 0 Å². The molecule has 0 bridgehead atoms. The van der Waals surface area contributed by atoms with E-state index in [9.17, 15) is 13.2 Å². The van der Waals surface area contributed by atoms with Gasteiger partial charge in [-0.15, -0.1) is 0 Å². The molecular weight excluding hydrogens is 448 g/mol. The second-order valence-electron chi connectivity index (χ2n) is 4.80. The summed E-state index contributed by atoms with van der Waals surface area (Å²) in [6, 6.07) is 13.8. The quantitative estimate of drug-likeness (QED) is 0.739. The van der Waals surface area contributed by atoms with Gasteiger partial charge in [-0.1, -0.05) is 31.9 Å². The Morgan fingerprint density at radius 3 is 1.96 bits per heavy atom. The Labute approximate surface area is 152 Å². The average Bonchev–Trinajstić information content (AvgIpc) is 2.47. The van der Waals surface area contributed by atoms with E-state index in [1.165, 1.54) is 0 Å². The number of carbonyl (C=O) groups excluding carboxylic acids is 1. The number of nitrogens with one attached hydrogen (secondary N) is 1. The summed E-state index contributed by atoms with van der Waals surface area (Å²) in [4.78, 5) is 12.2. The fraction of sp³-hybridized carbons (Fsp3) is 0.133. The second-order valence-corrected chi connectivity index (χ2v) is 8.54. The Hall–Kier alpha value is -1.38. The molecule has 8 heteroatoms. The molecule has 2 aromatic carbocycles. The maximum atomic E-state index is 12.2. The van der Waals surface area contributed by atoms with Gasteiger partial charge in [0, 0.05) is 14.6 Å². The Morgan fingerprint density at radius 2 is 1.48 bits per heavy atom. The van der Waals surface area contributed by atoms with E-state index in [1.54, 1.807) is 48.5 Å². The van der Waals surface area contributed by atoms with E-state index >= 15 is 0 Å². The highest BCUT2D eigenvalue weighted by atomic mass is 79.9. The first-order valence-electron chi connectivity index (χ1n) is 6.54. The lowest BCUT2D eigenvalue weighted by Crippen LogP contribution is -2.37. The molecule has 0 atom stereocenters. The number of carbonyl (C=O) groups is 1. The molecule has 0 aromatic heterocycles. The molecular formula is C15H14Br2N2O3S. The molecule has 0 aliphatic carbocycles. The molecule has 0 fully saturated rings. The topological polar surface area (TPSA) is 66.5 Å². The minimum absolute atomic E-state index is 0.295. The van der Waals surface area contributed by atoms with Gasteiger partial charge in [-0.05, 0) is 48.5 Å². The van der Waals surface area contributed by atoms with E-state index < -0.39 is 15.9 Å². The molecule has 0 radical (unpaired) electrons. The molecule has 0 aliphatic heterocycles. The second kappa shape index (κ2) is 7.46. The van der Waals surface area contributed by atoms with Gasteiger partial charge in [0.05, 0.1) is 11.9 Å². The van der Waals surface area contributed by atoms with Gasteiger partial charge >= 0.3 is 0 Å². The first kappa shape index (κ1) is 18.0. The van der Waals surface area contributed by atoms with Crippen molar-refractivity contribution in [3.63, 3.8) is 0 Å². The van der Waals surface area contributed by atoms with Crippen molar-refractivity contribution in [3.05, 3.63) is 57.5 Å². The summed E-state index contributed by atoms with van der Waals surface area (Å²) in [5.41, 5.74) is 1.03. The zero-order chi connectivity index (χ0) is 17.0. The summed E-state index contributed by atoms with van der Waals surface area (Å²) in [5, 5.41) is 2.68. The molecule has 23 heavy (non-hydrogen) atoms. The predicted octanol–water partition coefficient (Wildman–Crippen LogP) is 3.62. The fourth-order valence-corrected chi connectivity index (χ4v) is 3.26. The van der Waals surface area contributed by atoms with Crippen LogP contribution < -0.4 is 9.62 Å². The summed E-state index contributed by atoms with van der Waals surface area (Å²) in [6.07, 6.45) is 1.07. The molecule has 5 nitrogen and oxygen atoms in total. The van der Waals surface area contributed by atoms with E-state index in [0.29, 0.717) is 11.4 Å². The molecule has 0 saturated heterocycles. The molecule has 0 aliphatic rings. The fourth-order valence-electron chi connectivity index (χ4n) is 1.87. The third-order valence-corrected chi connectivity index (χ3v) is 5.13. The minimum Gasteiger partial charge on any atom is -0.325 e. The van der Waals surface area contributed by atoms with Crippen LogP contribution in [0.5, 0.6) is 0 Å². The number of hydrogen-bond donors (Lipinski definition) is 1. The van der Waals surface area contributed by atoms with Gasteiger partial charge in [0.2, 0.25) is 15.9 Å². The minimum atomic E-state index is -3.58. The number of benzene rings is 2. The number of amides is 1. The first-order valence-corrected chi connectivity index (χ1v) is 9.98.